The Bertz CT molecular complexity index is 1040. The van der Waals surface area contributed by atoms with Crippen molar-refractivity contribution in [3.05, 3.63) is 23.8 Å². The van der Waals surface area contributed by atoms with Crippen LogP contribution >= 0.6 is 0 Å². The minimum absolute atomic E-state index is 0.0107. The van der Waals surface area contributed by atoms with Crippen LogP contribution in [0, 0.1) is 23.2 Å². The lowest BCUT2D eigenvalue weighted by Crippen LogP contribution is -2.54. The number of amides is 1. The molecule has 9 nitrogen and oxygen atoms in total. The molecule has 3 fully saturated rings. The van der Waals surface area contributed by atoms with E-state index in [0.29, 0.717) is 18.0 Å². The largest absolute Gasteiger partial charge is 0.368 e. The predicted octanol–water partition coefficient (Wildman–Crippen LogP) is 0.966. The van der Waals surface area contributed by atoms with Crippen LogP contribution in [0.3, 0.4) is 0 Å². The van der Waals surface area contributed by atoms with E-state index in [1.165, 1.54) is 4.31 Å². The van der Waals surface area contributed by atoms with E-state index < -0.39 is 10.0 Å². The number of hydrazine groups is 1. The maximum absolute atomic E-state index is 12.8. The SMILES string of the molecule is CN1Cc2cc(NC3NN([C@H]4CCCC[C@@H]4C#N)C4CCNC(=O)C34)ccc2S1(=O)=O. The lowest BCUT2D eigenvalue weighted by Gasteiger charge is -2.39. The van der Waals surface area contributed by atoms with Gasteiger partial charge in [-0.1, -0.05) is 12.8 Å². The van der Waals surface area contributed by atoms with Gasteiger partial charge in [-0.05, 0) is 43.0 Å². The molecule has 3 N–H and O–H groups in total. The predicted molar refractivity (Wildman–Crippen MR) is 114 cm³/mol. The minimum Gasteiger partial charge on any atom is -0.368 e. The first-order valence-corrected chi connectivity index (χ1v) is 12.4. The lowest BCUT2D eigenvalue weighted by molar-refractivity contribution is -0.128. The molecule has 3 heterocycles. The van der Waals surface area contributed by atoms with Gasteiger partial charge in [-0.3, -0.25) is 4.79 Å². The Morgan fingerprint density at radius 3 is 2.81 bits per heavy atom. The number of sulfonamides is 1. The molecule has 0 radical (unpaired) electrons. The first kappa shape index (κ1) is 20.7. The van der Waals surface area contributed by atoms with Gasteiger partial charge in [-0.2, -0.15) is 9.57 Å². The number of rotatable bonds is 3. The molecule has 2 saturated heterocycles. The molecule has 0 bridgehead atoms. The number of hydrogen-bond acceptors (Lipinski definition) is 7. The average molecular weight is 445 g/mol. The molecule has 5 rings (SSSR count). The highest BCUT2D eigenvalue weighted by Crippen LogP contribution is 2.37. The number of fused-ring (bicyclic) bond motifs is 2. The summed E-state index contributed by atoms with van der Waals surface area (Å²) in [5.74, 6) is -0.308. The topological polar surface area (TPSA) is 118 Å². The van der Waals surface area contributed by atoms with Crippen molar-refractivity contribution in [1.82, 2.24) is 20.1 Å². The first-order chi connectivity index (χ1) is 14.9. The fourth-order valence-electron chi connectivity index (χ4n) is 5.61. The Hall–Kier alpha value is -2.19. The van der Waals surface area contributed by atoms with Gasteiger partial charge in [-0.25, -0.2) is 18.9 Å². The Morgan fingerprint density at radius 2 is 2.00 bits per heavy atom. The van der Waals surface area contributed by atoms with E-state index in [9.17, 15) is 18.5 Å². The molecule has 4 aliphatic rings. The summed E-state index contributed by atoms with van der Waals surface area (Å²) in [7, 11) is -1.83. The van der Waals surface area contributed by atoms with Crippen LogP contribution in [0.4, 0.5) is 5.69 Å². The number of hydrogen-bond donors (Lipinski definition) is 3. The van der Waals surface area contributed by atoms with Crippen molar-refractivity contribution in [2.24, 2.45) is 11.8 Å². The highest BCUT2D eigenvalue weighted by Gasteiger charge is 2.51. The number of nitrogens with zero attached hydrogens (tertiary/aromatic N) is 3. The summed E-state index contributed by atoms with van der Waals surface area (Å²) in [6.45, 7) is 0.980. The number of nitriles is 1. The average Bonchev–Trinajstić information content (AvgIpc) is 3.23. The molecule has 10 heteroatoms. The summed E-state index contributed by atoms with van der Waals surface area (Å²) in [5.41, 5.74) is 5.05. The molecule has 31 heavy (non-hydrogen) atoms. The molecule has 5 atom stereocenters. The van der Waals surface area contributed by atoms with Crippen LogP contribution in [0.1, 0.15) is 37.7 Å². The summed E-state index contributed by atoms with van der Waals surface area (Å²) < 4.78 is 26.1. The third-order valence-corrected chi connectivity index (χ3v) is 9.08. The standard InChI is InChI=1S/C21H28N6O3S/c1-26-12-14-10-15(6-7-18(14)31(26,29)30)24-20-19-17(8-9-23-21(19)28)27(25-20)16-5-3-2-4-13(16)11-22/h6-7,10,13,16-17,19-20,24-25H,2-5,8-9,12H2,1H3,(H,23,28)/t13-,16+,17?,19?,20?/m1/s1. The fraction of sp³-hybridized carbons (Fsp3) is 0.619. The van der Waals surface area contributed by atoms with Gasteiger partial charge in [0.2, 0.25) is 15.9 Å². The number of anilines is 1. The smallest absolute Gasteiger partial charge is 0.243 e. The Kier molecular flexibility index (Phi) is 5.17. The van der Waals surface area contributed by atoms with E-state index in [-0.39, 0.29) is 36.0 Å². The zero-order valence-electron chi connectivity index (χ0n) is 17.5. The molecule has 3 unspecified atom stereocenters. The summed E-state index contributed by atoms with van der Waals surface area (Å²) in [6, 6.07) is 7.86. The molecular formula is C21H28N6O3S. The molecule has 1 aromatic rings. The Labute approximate surface area is 182 Å². The van der Waals surface area contributed by atoms with E-state index in [0.717, 1.165) is 43.4 Å². The van der Waals surface area contributed by atoms with E-state index in [1.807, 2.05) is 6.07 Å². The summed E-state index contributed by atoms with van der Waals surface area (Å²) >= 11 is 0. The summed E-state index contributed by atoms with van der Waals surface area (Å²) in [5, 5.41) is 18.3. The van der Waals surface area contributed by atoms with Gasteiger partial charge in [0.1, 0.15) is 6.17 Å². The van der Waals surface area contributed by atoms with Crippen LogP contribution in [0.2, 0.25) is 0 Å². The second-order valence-corrected chi connectivity index (χ2v) is 11.0. The maximum Gasteiger partial charge on any atom is 0.243 e. The summed E-state index contributed by atoms with van der Waals surface area (Å²) in [4.78, 5) is 13.1. The van der Waals surface area contributed by atoms with Crippen LogP contribution in [-0.4, -0.2) is 55.5 Å². The van der Waals surface area contributed by atoms with Crippen LogP contribution in [0.25, 0.3) is 0 Å². The first-order valence-electron chi connectivity index (χ1n) is 11.0. The van der Waals surface area contributed by atoms with Gasteiger partial charge in [0.15, 0.2) is 0 Å². The Balaban J connectivity index is 1.41. The zero-order valence-corrected chi connectivity index (χ0v) is 18.4. The van der Waals surface area contributed by atoms with Crippen molar-refractivity contribution >= 4 is 21.6 Å². The van der Waals surface area contributed by atoms with Crippen molar-refractivity contribution in [2.45, 2.75) is 61.8 Å². The highest BCUT2D eigenvalue weighted by atomic mass is 32.2. The Morgan fingerprint density at radius 1 is 1.19 bits per heavy atom. The van der Waals surface area contributed by atoms with Crippen LogP contribution < -0.4 is 16.1 Å². The lowest BCUT2D eigenvalue weighted by atomic mass is 9.83. The second-order valence-electron chi connectivity index (χ2n) is 9.00. The van der Waals surface area contributed by atoms with Gasteiger partial charge in [0, 0.05) is 37.9 Å². The van der Waals surface area contributed by atoms with Crippen molar-refractivity contribution in [2.75, 3.05) is 18.9 Å². The number of benzene rings is 1. The third kappa shape index (κ3) is 3.40. The molecule has 0 aromatic heterocycles. The van der Waals surface area contributed by atoms with E-state index in [2.05, 4.69) is 27.1 Å². The number of nitrogens with one attached hydrogen (secondary N) is 3. The van der Waals surface area contributed by atoms with Gasteiger partial charge in [0.05, 0.1) is 22.8 Å². The molecule has 1 saturated carbocycles. The normalized spacial score (nSPS) is 35.1. The van der Waals surface area contributed by atoms with Crippen LogP contribution in [0.15, 0.2) is 23.1 Å². The van der Waals surface area contributed by atoms with Crippen molar-refractivity contribution < 1.29 is 13.2 Å². The van der Waals surface area contributed by atoms with Crippen molar-refractivity contribution in [3.63, 3.8) is 0 Å². The van der Waals surface area contributed by atoms with E-state index in [4.69, 9.17) is 0 Å². The number of piperidine rings is 1. The van der Waals surface area contributed by atoms with Crippen LogP contribution in [0.5, 0.6) is 0 Å². The molecule has 1 aliphatic carbocycles. The molecule has 166 valence electrons. The van der Waals surface area contributed by atoms with Gasteiger partial charge in [0.25, 0.3) is 0 Å². The quantitative estimate of drug-likeness (QED) is 0.636. The van der Waals surface area contributed by atoms with Crippen molar-refractivity contribution in [3.8, 4) is 6.07 Å². The minimum atomic E-state index is -3.40. The molecule has 3 aliphatic heterocycles. The van der Waals surface area contributed by atoms with Gasteiger partial charge >= 0.3 is 0 Å². The third-order valence-electron chi connectivity index (χ3n) is 7.18. The highest BCUT2D eigenvalue weighted by molar-refractivity contribution is 7.89. The molecular weight excluding hydrogens is 416 g/mol. The van der Waals surface area contributed by atoms with E-state index in [1.54, 1.807) is 19.2 Å². The fourth-order valence-corrected chi connectivity index (χ4v) is 6.95. The van der Waals surface area contributed by atoms with Gasteiger partial charge in [-0.15, -0.1) is 0 Å². The second kappa shape index (κ2) is 7.74. The molecule has 1 amide bonds. The molecule has 0 spiro atoms. The number of carbonyl (C=O) groups is 1. The van der Waals surface area contributed by atoms with Crippen LogP contribution in [-0.2, 0) is 21.4 Å². The maximum atomic E-state index is 12.8. The van der Waals surface area contributed by atoms with Gasteiger partial charge < -0.3 is 10.6 Å². The zero-order chi connectivity index (χ0) is 21.8. The summed E-state index contributed by atoms with van der Waals surface area (Å²) in [6.07, 6.45) is 4.53. The number of carbonyl (C=O) groups excluding carboxylic acids is 1. The monoisotopic (exact) mass is 444 g/mol. The van der Waals surface area contributed by atoms with E-state index >= 15 is 0 Å². The van der Waals surface area contributed by atoms with Crippen molar-refractivity contribution in [1.29, 1.82) is 5.26 Å². The molecule has 1 aromatic carbocycles.